The first-order valence-electron chi connectivity index (χ1n) is 10.0. The van der Waals surface area contributed by atoms with Crippen LogP contribution in [-0.2, 0) is 9.53 Å². The Labute approximate surface area is 172 Å². The Hall–Kier alpha value is -3.05. The van der Waals surface area contributed by atoms with Gasteiger partial charge in [-0.3, -0.25) is 0 Å². The Balaban J connectivity index is 2.40. The van der Waals surface area contributed by atoms with Crippen molar-refractivity contribution in [3.8, 4) is 12.1 Å². The van der Waals surface area contributed by atoms with Crippen molar-refractivity contribution in [2.24, 2.45) is 22.5 Å². The van der Waals surface area contributed by atoms with E-state index in [1.165, 1.54) is 0 Å². The maximum Gasteiger partial charge on any atom is 0.333 e. The molecule has 2 aliphatic carbocycles. The Kier molecular flexibility index (Phi) is 5.28. The molecule has 0 aromatic heterocycles. The van der Waals surface area contributed by atoms with Crippen LogP contribution in [0.2, 0.25) is 0 Å². The van der Waals surface area contributed by atoms with Crippen LogP contribution in [0.3, 0.4) is 0 Å². The molecule has 3 atom stereocenters. The maximum absolute atomic E-state index is 13.2. The first kappa shape index (κ1) is 20.7. The number of nitrogens with two attached hydrogens (primary N) is 1. The molecule has 0 aliphatic heterocycles. The normalized spacial score (nSPS) is 28.2. The van der Waals surface area contributed by atoms with Gasteiger partial charge in [-0.2, -0.15) is 10.5 Å². The molecule has 150 valence electrons. The van der Waals surface area contributed by atoms with Gasteiger partial charge in [0.25, 0.3) is 0 Å². The fourth-order valence-corrected chi connectivity index (χ4v) is 5.17. The van der Waals surface area contributed by atoms with Gasteiger partial charge in [0.1, 0.15) is 6.07 Å². The first-order valence-corrected chi connectivity index (χ1v) is 10.0. The average Bonchev–Trinajstić information content (AvgIpc) is 2.67. The lowest BCUT2D eigenvalue weighted by Gasteiger charge is -2.47. The van der Waals surface area contributed by atoms with Gasteiger partial charge in [0.15, 0.2) is 0 Å². The number of benzene rings is 1. The van der Waals surface area contributed by atoms with Gasteiger partial charge >= 0.3 is 5.97 Å². The summed E-state index contributed by atoms with van der Waals surface area (Å²) in [6.45, 7) is 8.29. The molecule has 0 radical (unpaired) electrons. The highest BCUT2D eigenvalue weighted by Gasteiger charge is 2.58. The highest BCUT2D eigenvalue weighted by atomic mass is 16.5. The average molecular weight is 389 g/mol. The van der Waals surface area contributed by atoms with E-state index < -0.39 is 17.3 Å². The van der Waals surface area contributed by atoms with E-state index >= 15 is 0 Å². The highest BCUT2D eigenvalue weighted by Crippen LogP contribution is 2.58. The molecule has 2 aliphatic rings. The summed E-state index contributed by atoms with van der Waals surface area (Å²) < 4.78 is 5.34. The van der Waals surface area contributed by atoms with Crippen LogP contribution >= 0.6 is 0 Å². The van der Waals surface area contributed by atoms with Crippen LogP contribution in [0.1, 0.15) is 52.0 Å². The molecule has 0 fully saturated rings. The molecule has 3 rings (SSSR count). The maximum atomic E-state index is 13.2. The second kappa shape index (κ2) is 7.41. The largest absolute Gasteiger partial charge is 0.464 e. The van der Waals surface area contributed by atoms with Crippen LogP contribution in [0.15, 0.2) is 52.7 Å². The van der Waals surface area contributed by atoms with Crippen LogP contribution in [0.4, 0.5) is 0 Å². The Morgan fingerprint density at radius 1 is 1.28 bits per heavy atom. The molecule has 1 aromatic rings. The number of allylic oxidation sites excluding steroid dienone is 3. The van der Waals surface area contributed by atoms with Crippen molar-refractivity contribution in [1.29, 1.82) is 10.5 Å². The summed E-state index contributed by atoms with van der Waals surface area (Å²) in [5.41, 5.74) is 7.69. The zero-order chi connectivity index (χ0) is 21.4. The molecular weight excluding hydrogens is 362 g/mol. The quantitative estimate of drug-likeness (QED) is 0.775. The molecule has 2 N–H and O–H groups in total. The van der Waals surface area contributed by atoms with Crippen LogP contribution in [0.5, 0.6) is 0 Å². The van der Waals surface area contributed by atoms with Crippen molar-refractivity contribution >= 4 is 5.97 Å². The van der Waals surface area contributed by atoms with Crippen molar-refractivity contribution in [3.05, 3.63) is 58.3 Å². The second-order valence-electron chi connectivity index (χ2n) is 8.76. The van der Waals surface area contributed by atoms with E-state index in [4.69, 9.17) is 10.5 Å². The Morgan fingerprint density at radius 2 is 1.93 bits per heavy atom. The number of carbonyl (C=O) groups is 1. The Morgan fingerprint density at radius 3 is 2.48 bits per heavy atom. The minimum Gasteiger partial charge on any atom is -0.464 e. The standard InChI is InChI=1S/C24H27N3O2/c1-5-29-22(28)24(14-26)20(16-9-7-6-8-10-16)19-15(2)11-23(3,4)12-17(19)18(13-25)21(24)27/h6-10,15,20H,5,11-12,27H2,1-4H3/t15-,20+,24+/m0/s1. The van der Waals surface area contributed by atoms with Gasteiger partial charge in [-0.25, -0.2) is 4.79 Å². The van der Waals surface area contributed by atoms with Gasteiger partial charge in [-0.1, -0.05) is 56.7 Å². The van der Waals surface area contributed by atoms with E-state index in [-0.39, 0.29) is 29.2 Å². The molecule has 0 unspecified atom stereocenters. The first-order chi connectivity index (χ1) is 13.7. The summed E-state index contributed by atoms with van der Waals surface area (Å²) in [6, 6.07) is 13.9. The van der Waals surface area contributed by atoms with E-state index in [0.717, 1.165) is 23.1 Å². The molecule has 0 bridgehead atoms. The van der Waals surface area contributed by atoms with Gasteiger partial charge in [-0.15, -0.1) is 0 Å². The summed E-state index contributed by atoms with van der Waals surface area (Å²) in [6.07, 6.45) is 1.59. The zero-order valence-electron chi connectivity index (χ0n) is 17.5. The van der Waals surface area contributed by atoms with E-state index in [9.17, 15) is 15.3 Å². The number of esters is 1. The molecule has 0 saturated heterocycles. The third kappa shape index (κ3) is 3.12. The molecule has 0 amide bonds. The summed E-state index contributed by atoms with van der Waals surface area (Å²) in [7, 11) is 0. The molecular formula is C24H27N3O2. The van der Waals surface area contributed by atoms with Crippen molar-refractivity contribution in [1.82, 2.24) is 0 Å². The molecule has 0 heterocycles. The van der Waals surface area contributed by atoms with Gasteiger partial charge < -0.3 is 10.5 Å². The molecule has 0 spiro atoms. The molecule has 29 heavy (non-hydrogen) atoms. The van der Waals surface area contributed by atoms with Crippen molar-refractivity contribution in [2.45, 2.75) is 46.5 Å². The van der Waals surface area contributed by atoms with E-state index in [2.05, 4.69) is 32.9 Å². The molecule has 5 nitrogen and oxygen atoms in total. The number of rotatable bonds is 3. The van der Waals surface area contributed by atoms with E-state index in [1.807, 2.05) is 30.3 Å². The lowest BCUT2D eigenvalue weighted by Crippen LogP contribution is -2.48. The topological polar surface area (TPSA) is 99.9 Å². The SMILES string of the molecule is CCOC(=O)[C@@]1(C#N)C(N)=C(C#N)C2=C([C@@H](C)CC(C)(C)C2)[C@H]1c1ccccc1. The second-order valence-corrected chi connectivity index (χ2v) is 8.76. The predicted molar refractivity (Wildman–Crippen MR) is 110 cm³/mol. The van der Waals surface area contributed by atoms with Gasteiger partial charge in [0.2, 0.25) is 5.41 Å². The van der Waals surface area contributed by atoms with Crippen molar-refractivity contribution < 1.29 is 9.53 Å². The Bertz CT molecular complexity index is 976. The van der Waals surface area contributed by atoms with Crippen LogP contribution in [0, 0.1) is 39.4 Å². The van der Waals surface area contributed by atoms with Gasteiger partial charge in [0.05, 0.1) is 23.9 Å². The fourth-order valence-electron chi connectivity index (χ4n) is 5.17. The lowest BCUT2D eigenvalue weighted by atomic mass is 9.55. The monoisotopic (exact) mass is 389 g/mol. The van der Waals surface area contributed by atoms with Crippen LogP contribution in [-0.4, -0.2) is 12.6 Å². The van der Waals surface area contributed by atoms with Gasteiger partial charge in [-0.05, 0) is 42.2 Å². The van der Waals surface area contributed by atoms with Crippen LogP contribution in [0.25, 0.3) is 0 Å². The minimum absolute atomic E-state index is 0.00155. The fraction of sp³-hybridized carbons (Fsp3) is 0.458. The van der Waals surface area contributed by atoms with Crippen molar-refractivity contribution in [2.75, 3.05) is 6.61 Å². The predicted octanol–water partition coefficient (Wildman–Crippen LogP) is 4.35. The lowest BCUT2D eigenvalue weighted by molar-refractivity contribution is -0.151. The third-order valence-electron chi connectivity index (χ3n) is 6.15. The summed E-state index contributed by atoms with van der Waals surface area (Å²) in [4.78, 5) is 13.2. The van der Waals surface area contributed by atoms with E-state index in [1.54, 1.807) is 6.92 Å². The number of ether oxygens (including phenoxy) is 1. The minimum atomic E-state index is -1.75. The number of nitrogens with zero attached hydrogens (tertiary/aromatic N) is 2. The number of nitriles is 2. The molecule has 0 saturated carbocycles. The van der Waals surface area contributed by atoms with Crippen LogP contribution < -0.4 is 5.73 Å². The molecule has 5 heteroatoms. The summed E-state index contributed by atoms with van der Waals surface area (Å²) >= 11 is 0. The number of hydrogen-bond donors (Lipinski definition) is 1. The van der Waals surface area contributed by atoms with E-state index in [0.29, 0.717) is 6.42 Å². The van der Waals surface area contributed by atoms with Gasteiger partial charge in [0, 0.05) is 5.92 Å². The molecule has 1 aromatic carbocycles. The zero-order valence-corrected chi connectivity index (χ0v) is 17.5. The highest BCUT2D eigenvalue weighted by molar-refractivity contribution is 5.88. The van der Waals surface area contributed by atoms with Crippen molar-refractivity contribution in [3.63, 3.8) is 0 Å². The number of hydrogen-bond acceptors (Lipinski definition) is 5. The number of carbonyl (C=O) groups excluding carboxylic acids is 1. The summed E-state index contributed by atoms with van der Waals surface area (Å²) in [5, 5.41) is 20.3. The third-order valence-corrected chi connectivity index (χ3v) is 6.15. The smallest absolute Gasteiger partial charge is 0.333 e. The summed E-state index contributed by atoms with van der Waals surface area (Å²) in [5.74, 6) is -1.17.